The average Bonchev–Trinajstić information content (AvgIpc) is 3.46. The molecule has 0 saturated carbocycles. The molecule has 1 unspecified atom stereocenters. The monoisotopic (exact) mass is 1120 g/mol. The Bertz CT molecular complexity index is 1670. The molecule has 0 aromatic rings. The number of rotatable bonds is 61. The van der Waals surface area contributed by atoms with Crippen LogP contribution in [0.5, 0.6) is 0 Å². The Morgan fingerprint density at radius 3 is 0.852 bits per heavy atom. The van der Waals surface area contributed by atoms with Crippen molar-refractivity contribution in [3.63, 3.8) is 0 Å². The SMILES string of the molecule is CC/C=C\C/C=C\C/C=C\C/C=C\C/C=C\C/C=C\C/C=C\CCCC(=O)OC(COC(=O)CCCCCCC/C=C\C/C=C\CCC)COC(=O)CCCCCCCCCCCCCCCCC/C=C\CCCCCCCCCC. The zero-order chi connectivity index (χ0) is 58.5. The minimum atomic E-state index is -0.819. The Kier molecular flexibility index (Phi) is 64.8. The van der Waals surface area contributed by atoms with Crippen LogP contribution in [0.3, 0.4) is 0 Å². The lowest BCUT2D eigenvalue weighted by atomic mass is 10.0. The van der Waals surface area contributed by atoms with Gasteiger partial charge in [-0.25, -0.2) is 0 Å². The van der Waals surface area contributed by atoms with Crippen molar-refractivity contribution < 1.29 is 28.6 Å². The van der Waals surface area contributed by atoms with E-state index >= 15 is 0 Å². The molecule has 0 saturated heterocycles. The molecule has 462 valence electrons. The van der Waals surface area contributed by atoms with Crippen molar-refractivity contribution in [3.8, 4) is 0 Å². The van der Waals surface area contributed by atoms with E-state index in [1.165, 1.54) is 148 Å². The first-order chi connectivity index (χ1) is 40.0. The summed E-state index contributed by atoms with van der Waals surface area (Å²) in [6, 6.07) is 0. The first kappa shape index (κ1) is 76.8. The molecular weight excluding hydrogens is 997 g/mol. The lowest BCUT2D eigenvalue weighted by Crippen LogP contribution is -2.30. The van der Waals surface area contributed by atoms with E-state index in [1.807, 2.05) is 0 Å². The highest BCUT2D eigenvalue weighted by Gasteiger charge is 2.19. The molecule has 0 aromatic carbocycles. The zero-order valence-corrected chi connectivity index (χ0v) is 53.0. The van der Waals surface area contributed by atoms with Crippen molar-refractivity contribution in [1.29, 1.82) is 0 Å². The number of hydrogen-bond acceptors (Lipinski definition) is 6. The van der Waals surface area contributed by atoms with Gasteiger partial charge in [0.2, 0.25) is 0 Å². The molecule has 0 radical (unpaired) electrons. The van der Waals surface area contributed by atoms with Gasteiger partial charge in [0, 0.05) is 19.3 Å². The number of esters is 3. The van der Waals surface area contributed by atoms with E-state index in [0.717, 1.165) is 122 Å². The molecule has 81 heavy (non-hydrogen) atoms. The number of ether oxygens (including phenoxy) is 3. The van der Waals surface area contributed by atoms with Crippen LogP contribution in [0.1, 0.15) is 316 Å². The zero-order valence-electron chi connectivity index (χ0n) is 53.0. The molecule has 6 nitrogen and oxygen atoms in total. The van der Waals surface area contributed by atoms with Gasteiger partial charge in [-0.15, -0.1) is 0 Å². The predicted octanol–water partition coefficient (Wildman–Crippen LogP) is 23.6. The molecule has 0 heterocycles. The van der Waals surface area contributed by atoms with Crippen LogP contribution >= 0.6 is 0 Å². The van der Waals surface area contributed by atoms with Crippen LogP contribution in [-0.4, -0.2) is 37.2 Å². The fourth-order valence-corrected chi connectivity index (χ4v) is 9.35. The molecule has 0 bridgehead atoms. The van der Waals surface area contributed by atoms with Crippen LogP contribution in [0.4, 0.5) is 0 Å². The first-order valence-electron chi connectivity index (χ1n) is 34.0. The summed E-state index contributed by atoms with van der Waals surface area (Å²) in [6.07, 6.45) is 95.2. The van der Waals surface area contributed by atoms with E-state index in [1.54, 1.807) is 0 Å². The highest BCUT2D eigenvalue weighted by atomic mass is 16.6. The fourth-order valence-electron chi connectivity index (χ4n) is 9.35. The molecule has 0 rings (SSSR count). The van der Waals surface area contributed by atoms with Gasteiger partial charge in [-0.1, -0.05) is 296 Å². The topological polar surface area (TPSA) is 78.9 Å². The number of hydrogen-bond donors (Lipinski definition) is 0. The molecule has 0 aromatic heterocycles. The molecule has 0 aliphatic carbocycles. The maximum Gasteiger partial charge on any atom is 0.306 e. The van der Waals surface area contributed by atoms with Gasteiger partial charge < -0.3 is 14.2 Å². The van der Waals surface area contributed by atoms with Gasteiger partial charge in [0.05, 0.1) is 0 Å². The van der Waals surface area contributed by atoms with Gasteiger partial charge in [0.1, 0.15) is 13.2 Å². The van der Waals surface area contributed by atoms with Gasteiger partial charge in [-0.2, -0.15) is 0 Å². The Hall–Kier alpha value is -4.19. The number of allylic oxidation sites excluding steroid dienone is 20. The summed E-state index contributed by atoms with van der Waals surface area (Å²) in [5.41, 5.74) is 0. The van der Waals surface area contributed by atoms with Crippen molar-refractivity contribution in [3.05, 3.63) is 122 Å². The summed E-state index contributed by atoms with van der Waals surface area (Å²) in [5, 5.41) is 0. The van der Waals surface area contributed by atoms with Gasteiger partial charge in [-0.05, 0) is 122 Å². The van der Waals surface area contributed by atoms with Crippen LogP contribution in [0, 0.1) is 0 Å². The van der Waals surface area contributed by atoms with E-state index < -0.39 is 6.10 Å². The van der Waals surface area contributed by atoms with Crippen LogP contribution in [0.15, 0.2) is 122 Å². The summed E-state index contributed by atoms with van der Waals surface area (Å²) in [6.45, 7) is 6.43. The summed E-state index contributed by atoms with van der Waals surface area (Å²) >= 11 is 0. The summed E-state index contributed by atoms with van der Waals surface area (Å²) < 4.78 is 16.9. The third-order valence-electron chi connectivity index (χ3n) is 14.4. The Morgan fingerprint density at radius 1 is 0.259 bits per heavy atom. The van der Waals surface area contributed by atoms with E-state index in [9.17, 15) is 14.4 Å². The van der Waals surface area contributed by atoms with E-state index in [4.69, 9.17) is 14.2 Å². The minimum Gasteiger partial charge on any atom is -0.462 e. The lowest BCUT2D eigenvalue weighted by molar-refractivity contribution is -0.167. The van der Waals surface area contributed by atoms with Gasteiger partial charge in [0.15, 0.2) is 6.10 Å². The minimum absolute atomic E-state index is 0.107. The first-order valence-corrected chi connectivity index (χ1v) is 34.0. The van der Waals surface area contributed by atoms with Crippen LogP contribution in [0.25, 0.3) is 0 Å². The second-order valence-electron chi connectivity index (χ2n) is 22.3. The molecular formula is C75H126O6. The van der Waals surface area contributed by atoms with E-state index in [0.29, 0.717) is 19.3 Å². The maximum absolute atomic E-state index is 12.9. The Labute approximate surface area is 501 Å². The molecule has 1 atom stereocenters. The van der Waals surface area contributed by atoms with Gasteiger partial charge in [-0.3, -0.25) is 14.4 Å². The smallest absolute Gasteiger partial charge is 0.306 e. The maximum atomic E-state index is 12.9. The summed E-state index contributed by atoms with van der Waals surface area (Å²) in [4.78, 5) is 38.3. The quantitative estimate of drug-likeness (QED) is 0.0261. The highest BCUT2D eigenvalue weighted by Crippen LogP contribution is 2.16. The van der Waals surface area contributed by atoms with E-state index in [2.05, 4.69) is 142 Å². The van der Waals surface area contributed by atoms with Crippen molar-refractivity contribution in [2.24, 2.45) is 0 Å². The molecule has 6 heteroatoms. The Morgan fingerprint density at radius 2 is 0.519 bits per heavy atom. The average molecular weight is 1120 g/mol. The normalized spacial score (nSPS) is 12.9. The summed E-state index contributed by atoms with van der Waals surface area (Å²) in [7, 11) is 0. The summed E-state index contributed by atoms with van der Waals surface area (Å²) in [5.74, 6) is -0.975. The molecule has 0 fully saturated rings. The standard InChI is InChI=1S/C75H126O6/c1-4-7-10-13-16-19-22-25-27-29-31-33-35-36-37-38-40-41-43-45-47-50-53-56-59-62-65-68-74(77)80-71-72(70-79-73(76)67-64-61-58-55-52-49-24-21-18-15-12-9-6-3)81-75(78)69-66-63-60-57-54-51-48-46-44-42-39-34-32-30-28-26-23-20-17-14-11-8-5-2/h8,11-12,15,17,20-21,24,26,28-29,31-32,34,42,44,48,51,57,60,72H,4-7,9-10,13-14,16,18-19,22-23,25,27,30,33,35-41,43,45-47,49-50,52-56,58-59,61-71H2,1-3H3/b11-8-,15-12-,20-17-,24-21-,28-26-,31-29-,34-32-,44-42-,51-48-,60-57-. The van der Waals surface area contributed by atoms with Crippen molar-refractivity contribution in [2.75, 3.05) is 13.2 Å². The lowest BCUT2D eigenvalue weighted by Gasteiger charge is -2.18. The van der Waals surface area contributed by atoms with Gasteiger partial charge in [0.25, 0.3) is 0 Å². The van der Waals surface area contributed by atoms with Crippen LogP contribution in [-0.2, 0) is 28.6 Å². The Balaban J connectivity index is 4.37. The second kappa shape index (κ2) is 68.3. The molecule has 0 amide bonds. The predicted molar refractivity (Wildman–Crippen MR) is 353 cm³/mol. The van der Waals surface area contributed by atoms with Crippen LogP contribution < -0.4 is 0 Å². The number of unbranched alkanes of at least 4 members (excludes halogenated alkanes) is 30. The van der Waals surface area contributed by atoms with E-state index in [-0.39, 0.29) is 37.5 Å². The second-order valence-corrected chi connectivity index (χ2v) is 22.3. The molecule has 0 N–H and O–H groups in total. The largest absolute Gasteiger partial charge is 0.462 e. The van der Waals surface area contributed by atoms with Crippen molar-refractivity contribution in [1.82, 2.24) is 0 Å². The van der Waals surface area contributed by atoms with Crippen LogP contribution in [0.2, 0.25) is 0 Å². The number of carbonyl (C=O) groups excluding carboxylic acids is 3. The third kappa shape index (κ3) is 66.5. The third-order valence-corrected chi connectivity index (χ3v) is 14.4. The van der Waals surface area contributed by atoms with Gasteiger partial charge >= 0.3 is 17.9 Å². The molecule has 0 aliphatic rings. The van der Waals surface area contributed by atoms with Crippen molar-refractivity contribution >= 4 is 17.9 Å². The number of carbonyl (C=O) groups is 3. The van der Waals surface area contributed by atoms with Crippen molar-refractivity contribution in [2.45, 2.75) is 322 Å². The molecule has 0 aliphatic heterocycles. The highest BCUT2D eigenvalue weighted by molar-refractivity contribution is 5.71. The molecule has 0 spiro atoms. The fraction of sp³-hybridized carbons (Fsp3) is 0.693.